The molecular formula is C40H30F4N4O4. The quantitative estimate of drug-likeness (QED) is 0.0877. The molecule has 262 valence electrons. The van der Waals surface area contributed by atoms with E-state index in [2.05, 4.69) is 4.98 Å². The first-order valence-corrected chi connectivity index (χ1v) is 15.9. The van der Waals surface area contributed by atoms with Crippen LogP contribution in [0.25, 0.3) is 22.5 Å². The summed E-state index contributed by atoms with van der Waals surface area (Å²) in [5.41, 5.74) is 0.308. The summed E-state index contributed by atoms with van der Waals surface area (Å²) >= 11 is 0. The van der Waals surface area contributed by atoms with Crippen molar-refractivity contribution in [1.82, 2.24) is 9.97 Å². The highest BCUT2D eigenvalue weighted by molar-refractivity contribution is 6.22. The summed E-state index contributed by atoms with van der Waals surface area (Å²) in [4.78, 5) is 18.0. The molecule has 0 saturated carbocycles. The second-order valence-corrected chi connectivity index (χ2v) is 11.7. The van der Waals surface area contributed by atoms with Gasteiger partial charge < -0.3 is 23.9 Å². The number of nitrogens with zero attached hydrogens (tertiary/aromatic N) is 3. The highest BCUT2D eigenvalue weighted by Crippen LogP contribution is 2.45. The molecule has 0 spiro atoms. The molecule has 1 N–H and O–H groups in total. The van der Waals surface area contributed by atoms with Crippen molar-refractivity contribution >= 4 is 11.5 Å². The number of halogens is 4. The van der Waals surface area contributed by atoms with E-state index < -0.39 is 34.4 Å². The van der Waals surface area contributed by atoms with Gasteiger partial charge in [-0.3, -0.25) is 0 Å². The highest BCUT2D eigenvalue weighted by Gasteiger charge is 2.46. The first-order chi connectivity index (χ1) is 25.2. The summed E-state index contributed by atoms with van der Waals surface area (Å²) in [6, 6.07) is 28.8. The lowest BCUT2D eigenvalue weighted by molar-refractivity contribution is 0.412. The van der Waals surface area contributed by atoms with Crippen LogP contribution in [0, 0.1) is 23.3 Å². The van der Waals surface area contributed by atoms with Gasteiger partial charge in [0.1, 0.15) is 28.8 Å². The summed E-state index contributed by atoms with van der Waals surface area (Å²) < 4.78 is 81.9. The molecule has 5 aromatic carbocycles. The third kappa shape index (κ3) is 5.81. The number of aromatic nitrogens is 2. The molecule has 7 rings (SSSR count). The molecule has 0 radical (unpaired) electrons. The molecule has 0 bridgehead atoms. The van der Waals surface area contributed by atoms with Gasteiger partial charge in [-0.1, -0.05) is 48.5 Å². The fraction of sp³-hybridized carbons (Fsp3) is 0.125. The van der Waals surface area contributed by atoms with E-state index in [4.69, 9.17) is 33.9 Å². The maximum Gasteiger partial charge on any atom is 0.195 e. The second-order valence-electron chi connectivity index (χ2n) is 11.7. The number of aliphatic imine (C=N–C) groups is 2. The van der Waals surface area contributed by atoms with E-state index in [1.807, 2.05) is 54.6 Å². The van der Waals surface area contributed by atoms with Crippen molar-refractivity contribution in [2.45, 2.75) is 5.54 Å². The normalized spacial score (nSPS) is 13.4. The number of benzene rings is 5. The van der Waals surface area contributed by atoms with E-state index >= 15 is 8.78 Å². The Labute approximate surface area is 296 Å². The van der Waals surface area contributed by atoms with Gasteiger partial charge in [0.05, 0.1) is 51.1 Å². The zero-order valence-electron chi connectivity index (χ0n) is 28.3. The molecule has 0 saturated heterocycles. The number of aromatic amines is 1. The van der Waals surface area contributed by atoms with Gasteiger partial charge >= 0.3 is 0 Å². The van der Waals surface area contributed by atoms with Crippen LogP contribution in [-0.4, -0.2) is 50.0 Å². The molecule has 0 unspecified atom stereocenters. The van der Waals surface area contributed by atoms with E-state index in [0.717, 1.165) is 0 Å². The molecule has 6 aromatic rings. The largest absolute Gasteiger partial charge is 0.497 e. The van der Waals surface area contributed by atoms with Crippen molar-refractivity contribution in [2.24, 2.45) is 9.98 Å². The van der Waals surface area contributed by atoms with Gasteiger partial charge in [0.25, 0.3) is 0 Å². The third-order valence-corrected chi connectivity index (χ3v) is 8.78. The van der Waals surface area contributed by atoms with Crippen molar-refractivity contribution in [3.05, 3.63) is 149 Å². The van der Waals surface area contributed by atoms with Crippen LogP contribution in [-0.2, 0) is 5.54 Å². The van der Waals surface area contributed by atoms with Crippen LogP contribution in [0.4, 0.5) is 17.6 Å². The van der Waals surface area contributed by atoms with Crippen molar-refractivity contribution in [3.8, 4) is 45.5 Å². The van der Waals surface area contributed by atoms with Gasteiger partial charge in [0.15, 0.2) is 34.7 Å². The minimum Gasteiger partial charge on any atom is -0.497 e. The standard InChI is InChI=1S/C40H30F4N4O4/c1-49-26-13-5-9-22(17-26)35-36(32-30(41)21-31(42)33(43)34(32)44)46-38(45-35)39-47-37(23-10-6-14-27(18-23)50-2)40(48-39,24-11-7-15-28(19-24)51-3)25-12-8-16-29(20-25)52-4/h5-21H,1-4H3,(H,45,46). The van der Waals surface area contributed by atoms with Crippen LogP contribution < -0.4 is 18.9 Å². The molecule has 8 nitrogen and oxygen atoms in total. The maximum atomic E-state index is 15.5. The first-order valence-electron chi connectivity index (χ1n) is 15.9. The van der Waals surface area contributed by atoms with Crippen molar-refractivity contribution < 1.29 is 36.5 Å². The highest BCUT2D eigenvalue weighted by atomic mass is 19.2. The molecule has 1 aliphatic rings. The Hall–Kier alpha value is -6.43. The lowest BCUT2D eigenvalue weighted by atomic mass is 9.77. The van der Waals surface area contributed by atoms with Gasteiger partial charge in [-0.05, 0) is 59.7 Å². The minimum atomic E-state index is -1.84. The van der Waals surface area contributed by atoms with E-state index in [-0.39, 0.29) is 29.1 Å². The predicted octanol–water partition coefficient (Wildman–Crippen LogP) is 8.53. The Morgan fingerprint density at radius 3 is 1.67 bits per heavy atom. The maximum absolute atomic E-state index is 15.5. The molecule has 0 atom stereocenters. The van der Waals surface area contributed by atoms with E-state index in [9.17, 15) is 8.78 Å². The monoisotopic (exact) mass is 706 g/mol. The molecule has 2 heterocycles. The van der Waals surface area contributed by atoms with Crippen LogP contribution in [0.2, 0.25) is 0 Å². The average molecular weight is 707 g/mol. The minimum absolute atomic E-state index is 0.00980. The van der Waals surface area contributed by atoms with Gasteiger partial charge in [-0.25, -0.2) is 32.5 Å². The van der Waals surface area contributed by atoms with Crippen LogP contribution in [0.3, 0.4) is 0 Å². The van der Waals surface area contributed by atoms with Crippen molar-refractivity contribution in [3.63, 3.8) is 0 Å². The zero-order valence-corrected chi connectivity index (χ0v) is 28.3. The molecule has 1 aliphatic heterocycles. The van der Waals surface area contributed by atoms with E-state index in [0.29, 0.717) is 51.0 Å². The number of hydrogen-bond acceptors (Lipinski definition) is 7. The molecule has 0 amide bonds. The lowest BCUT2D eigenvalue weighted by Crippen LogP contribution is -2.34. The summed E-state index contributed by atoms with van der Waals surface area (Å²) in [5, 5.41) is 0. The number of H-pyrrole nitrogens is 1. The summed E-state index contributed by atoms with van der Waals surface area (Å²) in [6.07, 6.45) is 0. The van der Waals surface area contributed by atoms with E-state index in [1.54, 1.807) is 63.8 Å². The summed E-state index contributed by atoms with van der Waals surface area (Å²) in [6.45, 7) is 0. The fourth-order valence-corrected chi connectivity index (χ4v) is 6.27. The smallest absolute Gasteiger partial charge is 0.195 e. The van der Waals surface area contributed by atoms with Crippen LogP contribution >= 0.6 is 0 Å². The SMILES string of the molecule is COc1cccc(C2=NC(c3nc(-c4cccc(OC)c4)c(-c4c(F)cc(F)c(F)c4F)[nH]3)=NC2(c2cccc(OC)c2)c2cccc(OC)c2)c1. The predicted molar refractivity (Wildman–Crippen MR) is 189 cm³/mol. The summed E-state index contributed by atoms with van der Waals surface area (Å²) in [7, 11) is 6.12. The van der Waals surface area contributed by atoms with Crippen molar-refractivity contribution in [2.75, 3.05) is 28.4 Å². The molecule has 0 fully saturated rings. The van der Waals surface area contributed by atoms with Crippen LogP contribution in [0.15, 0.2) is 113 Å². The van der Waals surface area contributed by atoms with Gasteiger partial charge in [-0.2, -0.15) is 0 Å². The second kappa shape index (κ2) is 13.7. The number of amidine groups is 1. The molecule has 52 heavy (non-hydrogen) atoms. The summed E-state index contributed by atoms with van der Waals surface area (Å²) in [5.74, 6) is -4.45. The molecular weight excluding hydrogens is 676 g/mol. The number of rotatable bonds is 10. The molecule has 12 heteroatoms. The van der Waals surface area contributed by atoms with Gasteiger partial charge in [-0.15, -0.1) is 0 Å². The zero-order chi connectivity index (χ0) is 36.6. The molecule has 1 aromatic heterocycles. The molecule has 0 aliphatic carbocycles. The lowest BCUT2D eigenvalue weighted by Gasteiger charge is -2.30. The number of ether oxygens (including phenoxy) is 4. The Morgan fingerprint density at radius 2 is 1.10 bits per heavy atom. The number of nitrogens with one attached hydrogen (secondary N) is 1. The van der Waals surface area contributed by atoms with Crippen LogP contribution in [0.5, 0.6) is 23.0 Å². The topological polar surface area (TPSA) is 90.3 Å². The Kier molecular flexibility index (Phi) is 8.97. The Bertz CT molecular complexity index is 2340. The Morgan fingerprint density at radius 1 is 0.577 bits per heavy atom. The van der Waals surface area contributed by atoms with E-state index in [1.165, 1.54) is 7.11 Å². The van der Waals surface area contributed by atoms with Crippen LogP contribution in [0.1, 0.15) is 22.5 Å². The van der Waals surface area contributed by atoms with Gasteiger partial charge in [0, 0.05) is 17.2 Å². The number of methoxy groups -OCH3 is 4. The third-order valence-electron chi connectivity index (χ3n) is 8.78. The number of imidazole rings is 1. The number of hydrogen-bond donors (Lipinski definition) is 1. The van der Waals surface area contributed by atoms with Crippen molar-refractivity contribution in [1.29, 1.82) is 0 Å². The fourth-order valence-electron chi connectivity index (χ4n) is 6.27. The average Bonchev–Trinajstić information content (AvgIpc) is 3.81. The van der Waals surface area contributed by atoms with Gasteiger partial charge in [0.2, 0.25) is 0 Å². The first kappa shape index (κ1) is 34.0. The Balaban J connectivity index is 1.56.